The molecule has 0 aliphatic rings. The zero-order chi connectivity index (χ0) is 22.9. The molecule has 0 atom stereocenters. The minimum absolute atomic E-state index is 0.0472. The number of thiophene rings is 1. The van der Waals surface area contributed by atoms with Gasteiger partial charge in [-0.25, -0.2) is 19.3 Å². The fourth-order valence-corrected chi connectivity index (χ4v) is 4.35. The Morgan fingerprint density at radius 1 is 1.09 bits per heavy atom. The quantitative estimate of drug-likeness (QED) is 0.309. The van der Waals surface area contributed by atoms with E-state index in [0.717, 1.165) is 15.5 Å². The summed E-state index contributed by atoms with van der Waals surface area (Å²) in [5.41, 5.74) is 7.45. The number of rotatable bonds is 5. The van der Waals surface area contributed by atoms with E-state index in [9.17, 15) is 9.18 Å². The van der Waals surface area contributed by atoms with Crippen LogP contribution in [0.25, 0.3) is 21.0 Å². The van der Waals surface area contributed by atoms with Crippen LogP contribution < -0.4 is 16.4 Å². The Balaban J connectivity index is 1.45. The highest BCUT2D eigenvalue weighted by molar-refractivity contribution is 7.17. The smallest absolute Gasteiger partial charge is 0.294 e. The molecule has 0 spiro atoms. The maximum Gasteiger partial charge on any atom is 0.294 e. The van der Waals surface area contributed by atoms with Crippen molar-refractivity contribution in [2.75, 3.05) is 16.4 Å². The molecule has 0 aliphatic carbocycles. The molecule has 0 unspecified atom stereocenters. The van der Waals surface area contributed by atoms with Gasteiger partial charge in [0, 0.05) is 10.4 Å². The van der Waals surface area contributed by atoms with Gasteiger partial charge >= 0.3 is 0 Å². The minimum atomic E-state index is -0.530. The number of nitrogens with two attached hydrogens (primary N) is 1. The fourth-order valence-electron chi connectivity index (χ4n) is 3.44. The summed E-state index contributed by atoms with van der Waals surface area (Å²) < 4.78 is 14.9. The summed E-state index contributed by atoms with van der Waals surface area (Å²) in [5.74, 6) is -0.437. The highest BCUT2D eigenvalue weighted by atomic mass is 35.5. The monoisotopic (exact) mass is 478 g/mol. The molecule has 3 heterocycles. The fraction of sp³-hybridized carbons (Fsp3) is 0.0435. The number of nitrogen functional groups attached to an aromatic ring is 1. The van der Waals surface area contributed by atoms with E-state index in [0.29, 0.717) is 22.1 Å². The van der Waals surface area contributed by atoms with E-state index in [1.165, 1.54) is 29.5 Å². The number of carbonyl (C=O) groups excluding carboxylic acids is 1. The zero-order valence-corrected chi connectivity index (χ0v) is 18.5. The van der Waals surface area contributed by atoms with E-state index >= 15 is 0 Å². The Morgan fingerprint density at radius 3 is 2.82 bits per heavy atom. The predicted molar refractivity (Wildman–Crippen MR) is 130 cm³/mol. The van der Waals surface area contributed by atoms with Gasteiger partial charge in [0.1, 0.15) is 17.5 Å². The van der Waals surface area contributed by atoms with Crippen LogP contribution in [0.1, 0.15) is 16.3 Å². The van der Waals surface area contributed by atoms with Gasteiger partial charge in [-0.1, -0.05) is 35.9 Å². The lowest BCUT2D eigenvalue weighted by atomic mass is 10.1. The van der Waals surface area contributed by atoms with Gasteiger partial charge in [-0.2, -0.15) is 0 Å². The molecule has 5 aromatic rings. The molecule has 10 heteroatoms. The number of anilines is 3. The third kappa shape index (κ3) is 4.28. The molecule has 0 saturated heterocycles. The summed E-state index contributed by atoms with van der Waals surface area (Å²) in [4.78, 5) is 25.8. The first-order chi connectivity index (χ1) is 16.0. The first kappa shape index (κ1) is 21.0. The summed E-state index contributed by atoms with van der Waals surface area (Å²) >= 11 is 7.40. The van der Waals surface area contributed by atoms with Crippen LogP contribution in [-0.2, 0) is 6.54 Å². The highest BCUT2D eigenvalue weighted by Gasteiger charge is 2.16. The molecule has 0 bridgehead atoms. The Bertz CT molecular complexity index is 1520. The lowest BCUT2D eigenvalue weighted by molar-refractivity contribution is 0.101. The van der Waals surface area contributed by atoms with Crippen LogP contribution in [0.3, 0.4) is 0 Å². The van der Waals surface area contributed by atoms with Gasteiger partial charge in [-0.05, 0) is 41.1 Å². The molecule has 1 amide bonds. The van der Waals surface area contributed by atoms with Crippen LogP contribution in [-0.4, -0.2) is 20.9 Å². The largest absolute Gasteiger partial charge is 0.382 e. The van der Waals surface area contributed by atoms with Gasteiger partial charge in [0.25, 0.3) is 5.91 Å². The van der Waals surface area contributed by atoms with Gasteiger partial charge < -0.3 is 16.4 Å². The molecule has 0 radical (unpaired) electrons. The molecule has 7 nitrogen and oxygen atoms in total. The van der Waals surface area contributed by atoms with Crippen LogP contribution in [0.2, 0.25) is 5.02 Å². The predicted octanol–water partition coefficient (Wildman–Crippen LogP) is 5.48. The average molecular weight is 479 g/mol. The van der Waals surface area contributed by atoms with Gasteiger partial charge in [-0.15, -0.1) is 11.3 Å². The summed E-state index contributed by atoms with van der Waals surface area (Å²) in [5, 5.41) is 9.75. The molecule has 5 rings (SSSR count). The van der Waals surface area contributed by atoms with Crippen molar-refractivity contribution in [2.45, 2.75) is 6.54 Å². The third-order valence-corrected chi connectivity index (χ3v) is 6.13. The Labute approximate surface area is 196 Å². The van der Waals surface area contributed by atoms with Crippen LogP contribution in [0.15, 0.2) is 60.0 Å². The van der Waals surface area contributed by atoms with Crippen LogP contribution >= 0.6 is 22.9 Å². The Hall–Kier alpha value is -3.82. The molecule has 3 aromatic heterocycles. The molecular weight excluding hydrogens is 463 g/mol. The summed E-state index contributed by atoms with van der Waals surface area (Å²) in [7, 11) is 0. The van der Waals surface area contributed by atoms with Crippen molar-refractivity contribution in [3.63, 3.8) is 0 Å². The number of hydrogen-bond donors (Lipinski definition) is 3. The van der Waals surface area contributed by atoms with Crippen molar-refractivity contribution in [2.24, 2.45) is 0 Å². The van der Waals surface area contributed by atoms with Crippen LogP contribution in [0.5, 0.6) is 0 Å². The highest BCUT2D eigenvalue weighted by Crippen LogP contribution is 2.26. The lowest BCUT2D eigenvalue weighted by Gasteiger charge is -2.12. The lowest BCUT2D eigenvalue weighted by Crippen LogP contribution is -2.18. The molecule has 0 aliphatic heterocycles. The number of aromatic nitrogens is 3. The van der Waals surface area contributed by atoms with Crippen LogP contribution in [0.4, 0.5) is 21.7 Å². The molecule has 0 fully saturated rings. The van der Waals surface area contributed by atoms with E-state index in [4.69, 9.17) is 17.3 Å². The van der Waals surface area contributed by atoms with Crippen molar-refractivity contribution in [3.05, 3.63) is 82.3 Å². The van der Waals surface area contributed by atoms with Gasteiger partial charge in [-0.3, -0.25) is 4.79 Å². The summed E-state index contributed by atoms with van der Waals surface area (Å²) in [6.07, 6.45) is 0. The number of pyridine rings is 1. The van der Waals surface area contributed by atoms with E-state index < -0.39 is 11.7 Å². The average Bonchev–Trinajstić information content (AvgIpc) is 3.29. The van der Waals surface area contributed by atoms with Crippen molar-refractivity contribution >= 4 is 67.2 Å². The topological polar surface area (TPSA) is 106 Å². The molecule has 0 saturated carbocycles. The van der Waals surface area contributed by atoms with Crippen molar-refractivity contribution in [3.8, 4) is 0 Å². The van der Waals surface area contributed by atoms with Gasteiger partial charge in [0.15, 0.2) is 0 Å². The number of carbonyl (C=O) groups is 1. The first-order valence-corrected chi connectivity index (χ1v) is 11.1. The van der Waals surface area contributed by atoms with Crippen LogP contribution in [0, 0.1) is 5.82 Å². The molecule has 2 aromatic carbocycles. The standard InChI is InChI=1S/C23H16ClFN6OS/c24-13-5-6-15(25)17(10-13)27-11-18-14-4-2-1-3-12(14)9-19(28-18)30-23(32)22-29-16-7-8-33-20(16)21(26)31-22/h1-10,27H,11H2,(H2,26,29,31)(H,28,30,32). The number of nitrogens with one attached hydrogen (secondary N) is 2. The molecule has 33 heavy (non-hydrogen) atoms. The SMILES string of the molecule is Nc1nc(C(=O)Nc2cc3ccccc3c(CNc3cc(Cl)ccc3F)n2)nc2ccsc12. The second-order valence-corrected chi connectivity index (χ2v) is 8.53. The minimum Gasteiger partial charge on any atom is -0.382 e. The van der Waals surface area contributed by atoms with Gasteiger partial charge in [0.2, 0.25) is 5.82 Å². The molecule has 164 valence electrons. The second-order valence-electron chi connectivity index (χ2n) is 7.17. The van der Waals surface area contributed by atoms with Gasteiger partial charge in [0.05, 0.1) is 28.1 Å². The number of fused-ring (bicyclic) bond motifs is 2. The number of amides is 1. The molecule has 4 N–H and O–H groups in total. The van der Waals surface area contributed by atoms with E-state index in [2.05, 4.69) is 25.6 Å². The van der Waals surface area contributed by atoms with Crippen molar-refractivity contribution in [1.82, 2.24) is 15.0 Å². The van der Waals surface area contributed by atoms with Crippen molar-refractivity contribution < 1.29 is 9.18 Å². The first-order valence-electron chi connectivity index (χ1n) is 9.87. The maximum atomic E-state index is 14.1. The molecular formula is C23H16ClFN6OS. The zero-order valence-electron chi connectivity index (χ0n) is 17.0. The summed E-state index contributed by atoms with van der Waals surface area (Å²) in [6, 6.07) is 15.4. The van der Waals surface area contributed by atoms with E-state index in [1.54, 1.807) is 12.1 Å². The second kappa shape index (κ2) is 8.61. The normalized spacial score (nSPS) is 11.1. The third-order valence-electron chi connectivity index (χ3n) is 4.97. The maximum absolute atomic E-state index is 14.1. The van der Waals surface area contributed by atoms with Crippen molar-refractivity contribution in [1.29, 1.82) is 0 Å². The Kier molecular flexibility index (Phi) is 5.49. The van der Waals surface area contributed by atoms with E-state index in [-0.39, 0.29) is 23.9 Å². The van der Waals surface area contributed by atoms with E-state index in [1.807, 2.05) is 29.6 Å². The number of nitrogens with zero attached hydrogens (tertiary/aromatic N) is 3. The summed E-state index contributed by atoms with van der Waals surface area (Å²) in [6.45, 7) is 0.214. The number of halogens is 2. The number of benzene rings is 2. The Morgan fingerprint density at radius 2 is 1.94 bits per heavy atom. The number of hydrogen-bond acceptors (Lipinski definition) is 7.